The van der Waals surface area contributed by atoms with Crippen molar-refractivity contribution >= 4 is 11.4 Å². The van der Waals surface area contributed by atoms with Crippen LogP contribution in [0.5, 0.6) is 0 Å². The molecular formula is C12H12N2O3. The normalized spacial score (nSPS) is 17.6. The van der Waals surface area contributed by atoms with E-state index in [1.165, 1.54) is 12.3 Å². The Labute approximate surface area is 98.6 Å². The summed E-state index contributed by atoms with van der Waals surface area (Å²) in [5.41, 5.74) is 1.35. The number of rotatable bonds is 3. The van der Waals surface area contributed by atoms with Crippen LogP contribution in [0.15, 0.2) is 42.7 Å². The Bertz CT molecular complexity index is 495. The molecule has 0 saturated heterocycles. The molecule has 0 aromatic heterocycles. The third-order valence-corrected chi connectivity index (χ3v) is 2.35. The van der Waals surface area contributed by atoms with E-state index in [-0.39, 0.29) is 11.9 Å². The fourth-order valence-electron chi connectivity index (χ4n) is 1.54. The summed E-state index contributed by atoms with van der Waals surface area (Å²) in [5.74, 6) is 0. The summed E-state index contributed by atoms with van der Waals surface area (Å²) < 4.78 is 5.25. The highest BCUT2D eigenvalue weighted by Gasteiger charge is 2.16. The first-order chi connectivity index (χ1) is 8.16. The van der Waals surface area contributed by atoms with Crippen LogP contribution in [0.3, 0.4) is 0 Å². The van der Waals surface area contributed by atoms with Crippen LogP contribution in [-0.4, -0.2) is 11.2 Å². The standard InChI is InChI=1S/C12H12N2O3/c1-9-5-6-10(11(8-9)14(15)16)13-12-4-2-3-7-17-12/h2-8,12-13H,1H3. The van der Waals surface area contributed by atoms with E-state index in [9.17, 15) is 10.1 Å². The van der Waals surface area contributed by atoms with Gasteiger partial charge in [0.25, 0.3) is 5.69 Å². The summed E-state index contributed by atoms with van der Waals surface area (Å²) in [5, 5.41) is 13.9. The van der Waals surface area contributed by atoms with E-state index >= 15 is 0 Å². The number of nitro groups is 1. The molecule has 0 saturated carbocycles. The maximum atomic E-state index is 10.9. The van der Waals surface area contributed by atoms with Crippen molar-refractivity contribution in [2.75, 3.05) is 5.32 Å². The molecule has 1 aromatic carbocycles. The fourth-order valence-corrected chi connectivity index (χ4v) is 1.54. The highest BCUT2D eigenvalue weighted by Crippen LogP contribution is 2.26. The average molecular weight is 232 g/mol. The van der Waals surface area contributed by atoms with Crippen molar-refractivity contribution in [1.29, 1.82) is 0 Å². The fraction of sp³-hybridized carbons (Fsp3) is 0.167. The molecular weight excluding hydrogens is 220 g/mol. The number of ether oxygens (including phenoxy) is 1. The molecule has 1 atom stereocenters. The number of nitrogens with one attached hydrogen (secondary N) is 1. The Morgan fingerprint density at radius 3 is 2.88 bits per heavy atom. The van der Waals surface area contributed by atoms with Crippen molar-refractivity contribution in [3.05, 3.63) is 58.4 Å². The Morgan fingerprint density at radius 1 is 1.41 bits per heavy atom. The smallest absolute Gasteiger partial charge is 0.292 e. The molecule has 1 unspecified atom stereocenters. The van der Waals surface area contributed by atoms with E-state index < -0.39 is 4.92 Å². The maximum Gasteiger partial charge on any atom is 0.292 e. The van der Waals surface area contributed by atoms with E-state index in [4.69, 9.17) is 4.74 Å². The minimum atomic E-state index is -0.405. The summed E-state index contributed by atoms with van der Waals surface area (Å²) in [4.78, 5) is 10.5. The van der Waals surface area contributed by atoms with Crippen LogP contribution < -0.4 is 5.32 Å². The van der Waals surface area contributed by atoms with Gasteiger partial charge in [0.05, 0.1) is 11.2 Å². The minimum absolute atomic E-state index is 0.0524. The molecule has 88 valence electrons. The van der Waals surface area contributed by atoms with Crippen molar-refractivity contribution in [1.82, 2.24) is 0 Å². The van der Waals surface area contributed by atoms with Gasteiger partial charge < -0.3 is 10.1 Å². The van der Waals surface area contributed by atoms with Gasteiger partial charge in [0, 0.05) is 6.07 Å². The monoisotopic (exact) mass is 232 g/mol. The Balaban J connectivity index is 2.23. The van der Waals surface area contributed by atoms with E-state index in [0.717, 1.165) is 5.56 Å². The third-order valence-electron chi connectivity index (χ3n) is 2.35. The quantitative estimate of drug-likeness (QED) is 0.642. The zero-order chi connectivity index (χ0) is 12.3. The van der Waals surface area contributed by atoms with Crippen LogP contribution in [-0.2, 0) is 4.74 Å². The molecule has 0 bridgehead atoms. The first-order valence-corrected chi connectivity index (χ1v) is 5.17. The molecule has 2 rings (SSSR count). The summed E-state index contributed by atoms with van der Waals surface area (Å²) in [6.07, 6.45) is 6.52. The lowest BCUT2D eigenvalue weighted by Gasteiger charge is -2.17. The highest BCUT2D eigenvalue weighted by atomic mass is 16.6. The predicted octanol–water partition coefficient (Wildman–Crippen LogP) is 2.74. The summed E-state index contributed by atoms with van der Waals surface area (Å²) >= 11 is 0. The first kappa shape index (κ1) is 11.2. The van der Waals surface area contributed by atoms with Gasteiger partial charge in [-0.3, -0.25) is 10.1 Å². The number of hydrogen-bond donors (Lipinski definition) is 1. The molecule has 5 heteroatoms. The Morgan fingerprint density at radius 2 is 2.24 bits per heavy atom. The van der Waals surface area contributed by atoms with Gasteiger partial charge in [-0.05, 0) is 30.7 Å². The van der Waals surface area contributed by atoms with Crippen LogP contribution in [0.2, 0.25) is 0 Å². The van der Waals surface area contributed by atoms with Crippen LogP contribution in [0, 0.1) is 17.0 Å². The molecule has 0 aliphatic carbocycles. The van der Waals surface area contributed by atoms with E-state index in [2.05, 4.69) is 5.32 Å². The van der Waals surface area contributed by atoms with Crippen molar-refractivity contribution < 1.29 is 9.66 Å². The van der Waals surface area contributed by atoms with Gasteiger partial charge in [0.2, 0.25) is 0 Å². The molecule has 1 aromatic rings. The van der Waals surface area contributed by atoms with Gasteiger partial charge in [-0.25, -0.2) is 0 Å². The lowest BCUT2D eigenvalue weighted by Crippen LogP contribution is -2.20. The minimum Gasteiger partial charge on any atom is -0.475 e. The van der Waals surface area contributed by atoms with Gasteiger partial charge in [-0.2, -0.15) is 0 Å². The molecule has 1 aliphatic heterocycles. The van der Waals surface area contributed by atoms with Gasteiger partial charge in [0.1, 0.15) is 5.69 Å². The number of benzene rings is 1. The lowest BCUT2D eigenvalue weighted by atomic mass is 10.2. The number of nitrogens with zero attached hydrogens (tertiary/aromatic N) is 1. The summed E-state index contributed by atoms with van der Waals surface area (Å²) in [7, 11) is 0. The van der Waals surface area contributed by atoms with Crippen molar-refractivity contribution in [2.45, 2.75) is 13.2 Å². The number of nitro benzene ring substituents is 1. The molecule has 0 spiro atoms. The molecule has 17 heavy (non-hydrogen) atoms. The van der Waals surface area contributed by atoms with E-state index in [0.29, 0.717) is 5.69 Å². The zero-order valence-electron chi connectivity index (χ0n) is 9.29. The second-order valence-corrected chi connectivity index (χ2v) is 3.69. The van der Waals surface area contributed by atoms with Crippen LogP contribution >= 0.6 is 0 Å². The summed E-state index contributed by atoms with van der Waals surface area (Å²) in [6, 6.07) is 5.03. The predicted molar refractivity (Wildman–Crippen MR) is 64.6 cm³/mol. The summed E-state index contributed by atoms with van der Waals surface area (Å²) in [6.45, 7) is 1.82. The zero-order valence-corrected chi connectivity index (χ0v) is 9.29. The van der Waals surface area contributed by atoms with Gasteiger partial charge in [-0.1, -0.05) is 12.1 Å². The van der Waals surface area contributed by atoms with Crippen LogP contribution in [0.1, 0.15) is 5.56 Å². The topological polar surface area (TPSA) is 64.4 Å². The second-order valence-electron chi connectivity index (χ2n) is 3.69. The largest absolute Gasteiger partial charge is 0.475 e. The van der Waals surface area contributed by atoms with Gasteiger partial charge in [-0.15, -0.1) is 0 Å². The molecule has 1 aliphatic rings. The Kier molecular flexibility index (Phi) is 3.09. The number of aryl methyl sites for hydroxylation is 1. The maximum absolute atomic E-state index is 10.9. The van der Waals surface area contributed by atoms with Gasteiger partial charge in [0.15, 0.2) is 6.23 Å². The third kappa shape index (κ3) is 2.63. The number of allylic oxidation sites excluding steroid dienone is 2. The Hall–Kier alpha value is -2.30. The lowest BCUT2D eigenvalue weighted by molar-refractivity contribution is -0.384. The van der Waals surface area contributed by atoms with Crippen molar-refractivity contribution in [3.8, 4) is 0 Å². The van der Waals surface area contributed by atoms with E-state index in [1.807, 2.05) is 19.1 Å². The highest BCUT2D eigenvalue weighted by molar-refractivity contribution is 5.63. The molecule has 5 nitrogen and oxygen atoms in total. The molecule has 1 N–H and O–H groups in total. The van der Waals surface area contributed by atoms with E-state index in [1.54, 1.807) is 18.2 Å². The molecule has 0 radical (unpaired) electrons. The number of hydrogen-bond acceptors (Lipinski definition) is 4. The molecule has 1 heterocycles. The molecule has 0 amide bonds. The van der Waals surface area contributed by atoms with Crippen molar-refractivity contribution in [2.24, 2.45) is 0 Å². The number of anilines is 1. The SMILES string of the molecule is Cc1ccc(NC2C=CC=CO2)c([N+](=O)[O-])c1. The van der Waals surface area contributed by atoms with Crippen molar-refractivity contribution in [3.63, 3.8) is 0 Å². The van der Waals surface area contributed by atoms with Gasteiger partial charge >= 0.3 is 0 Å². The molecule has 0 fully saturated rings. The average Bonchev–Trinajstić information content (AvgIpc) is 2.32. The van der Waals surface area contributed by atoms with Crippen LogP contribution in [0.4, 0.5) is 11.4 Å². The second kappa shape index (κ2) is 4.69. The first-order valence-electron chi connectivity index (χ1n) is 5.17. The van der Waals surface area contributed by atoms with Crippen LogP contribution in [0.25, 0.3) is 0 Å².